The van der Waals surface area contributed by atoms with Gasteiger partial charge < -0.3 is 10.1 Å². The summed E-state index contributed by atoms with van der Waals surface area (Å²) in [6.07, 6.45) is 0.142. The number of aryl methyl sites for hydroxylation is 1. The van der Waals surface area contributed by atoms with Crippen molar-refractivity contribution in [1.82, 2.24) is 0 Å². The maximum atomic E-state index is 12.8. The Kier molecular flexibility index (Phi) is 4.25. The molecule has 1 atom stereocenters. The van der Waals surface area contributed by atoms with Crippen LogP contribution in [0.3, 0.4) is 0 Å². The zero-order valence-corrected chi connectivity index (χ0v) is 14.0. The third kappa shape index (κ3) is 2.85. The number of rotatable bonds is 4. The minimum absolute atomic E-state index is 0.142. The molecular weight excluding hydrogens is 304 g/mol. The molecule has 0 saturated carbocycles. The van der Waals surface area contributed by atoms with Gasteiger partial charge in [0.1, 0.15) is 11.8 Å². The summed E-state index contributed by atoms with van der Waals surface area (Å²) in [6, 6.07) is 12.4. The molecule has 5 heteroatoms. The van der Waals surface area contributed by atoms with Gasteiger partial charge in [0.05, 0.1) is 19.2 Å². The molecule has 0 spiro atoms. The number of nitrogens with one attached hydrogen (secondary N) is 1. The summed E-state index contributed by atoms with van der Waals surface area (Å²) in [6.45, 7) is 3.89. The monoisotopic (exact) mass is 324 g/mol. The molecule has 0 bridgehead atoms. The second-order valence-corrected chi connectivity index (χ2v) is 5.92. The Balaban J connectivity index is 1.85. The van der Waals surface area contributed by atoms with Crippen molar-refractivity contribution in [3.8, 4) is 5.75 Å². The molecule has 0 radical (unpaired) electrons. The molecule has 0 unspecified atom stereocenters. The number of carbonyl (C=O) groups is 2. The van der Waals surface area contributed by atoms with Crippen LogP contribution < -0.4 is 15.0 Å². The Morgan fingerprint density at radius 2 is 1.88 bits per heavy atom. The highest BCUT2D eigenvalue weighted by Crippen LogP contribution is 2.29. The lowest BCUT2D eigenvalue weighted by Crippen LogP contribution is -2.35. The van der Waals surface area contributed by atoms with E-state index in [4.69, 9.17) is 4.74 Å². The average Bonchev–Trinajstić information content (AvgIpc) is 2.84. The molecule has 124 valence electrons. The summed E-state index contributed by atoms with van der Waals surface area (Å²) in [5.41, 5.74) is 3.42. The van der Waals surface area contributed by atoms with E-state index in [0.717, 1.165) is 16.8 Å². The summed E-state index contributed by atoms with van der Waals surface area (Å²) in [7, 11) is 1.59. The van der Waals surface area contributed by atoms with Crippen molar-refractivity contribution in [1.29, 1.82) is 0 Å². The summed E-state index contributed by atoms with van der Waals surface area (Å²) < 4.78 is 5.18. The van der Waals surface area contributed by atoms with E-state index < -0.39 is 6.04 Å². The van der Waals surface area contributed by atoms with Crippen molar-refractivity contribution in [2.75, 3.05) is 17.3 Å². The Hall–Kier alpha value is -2.82. The van der Waals surface area contributed by atoms with E-state index in [1.807, 2.05) is 50.2 Å². The SMILES string of the molecule is COc1cccc(N[C@@H]2CC(=O)N(c3cccc(C)c3C)C2=O)c1. The minimum atomic E-state index is -0.565. The molecule has 0 aromatic heterocycles. The smallest absolute Gasteiger partial charge is 0.256 e. The highest BCUT2D eigenvalue weighted by atomic mass is 16.5. The van der Waals surface area contributed by atoms with Gasteiger partial charge >= 0.3 is 0 Å². The van der Waals surface area contributed by atoms with Gasteiger partial charge in [0.15, 0.2) is 0 Å². The molecular formula is C19H20N2O3. The van der Waals surface area contributed by atoms with E-state index in [2.05, 4.69) is 5.32 Å². The second kappa shape index (κ2) is 6.35. The van der Waals surface area contributed by atoms with Crippen LogP contribution in [0.1, 0.15) is 17.5 Å². The predicted octanol–water partition coefficient (Wildman–Crippen LogP) is 3.06. The molecule has 1 saturated heterocycles. The van der Waals surface area contributed by atoms with Crippen LogP contribution in [0.25, 0.3) is 0 Å². The second-order valence-electron chi connectivity index (χ2n) is 5.92. The maximum Gasteiger partial charge on any atom is 0.256 e. The molecule has 1 N–H and O–H groups in total. The van der Waals surface area contributed by atoms with Crippen molar-refractivity contribution in [3.05, 3.63) is 53.6 Å². The fourth-order valence-corrected chi connectivity index (χ4v) is 2.89. The van der Waals surface area contributed by atoms with Crippen molar-refractivity contribution in [3.63, 3.8) is 0 Å². The largest absolute Gasteiger partial charge is 0.497 e. The lowest BCUT2D eigenvalue weighted by molar-refractivity contribution is -0.121. The van der Waals surface area contributed by atoms with E-state index >= 15 is 0 Å². The number of ether oxygens (including phenoxy) is 1. The van der Waals surface area contributed by atoms with Gasteiger partial charge in [-0.15, -0.1) is 0 Å². The Bertz CT molecular complexity index is 801. The molecule has 2 aromatic carbocycles. The summed E-state index contributed by atoms with van der Waals surface area (Å²) in [5.74, 6) is 0.286. The van der Waals surface area contributed by atoms with Gasteiger partial charge in [-0.3, -0.25) is 9.59 Å². The third-order valence-electron chi connectivity index (χ3n) is 4.37. The minimum Gasteiger partial charge on any atom is -0.497 e. The summed E-state index contributed by atoms with van der Waals surface area (Å²) in [4.78, 5) is 26.5. The first-order valence-electron chi connectivity index (χ1n) is 7.85. The van der Waals surface area contributed by atoms with Crippen LogP contribution in [0.5, 0.6) is 5.75 Å². The molecule has 2 amide bonds. The third-order valence-corrected chi connectivity index (χ3v) is 4.37. The average molecular weight is 324 g/mol. The normalized spacial score (nSPS) is 17.3. The van der Waals surface area contributed by atoms with Crippen LogP contribution in [0.15, 0.2) is 42.5 Å². The number of carbonyl (C=O) groups excluding carboxylic acids is 2. The molecule has 0 aliphatic carbocycles. The Labute approximate surface area is 141 Å². The van der Waals surface area contributed by atoms with Crippen molar-refractivity contribution >= 4 is 23.2 Å². The number of imide groups is 1. The Morgan fingerprint density at radius 3 is 2.62 bits per heavy atom. The van der Waals surface area contributed by atoms with Gasteiger partial charge in [0.25, 0.3) is 5.91 Å². The van der Waals surface area contributed by atoms with Crippen molar-refractivity contribution in [2.24, 2.45) is 0 Å². The van der Waals surface area contributed by atoms with Gasteiger partial charge in [-0.05, 0) is 43.2 Å². The van der Waals surface area contributed by atoms with Crippen LogP contribution in [0.4, 0.5) is 11.4 Å². The number of hydrogen-bond donors (Lipinski definition) is 1. The van der Waals surface area contributed by atoms with Crippen LogP contribution in [0, 0.1) is 13.8 Å². The lowest BCUT2D eigenvalue weighted by Gasteiger charge is -2.19. The van der Waals surface area contributed by atoms with Gasteiger partial charge in [-0.2, -0.15) is 0 Å². The number of benzene rings is 2. The first kappa shape index (κ1) is 16.1. The highest BCUT2D eigenvalue weighted by Gasteiger charge is 2.40. The number of hydrogen-bond acceptors (Lipinski definition) is 4. The van der Waals surface area contributed by atoms with E-state index in [9.17, 15) is 9.59 Å². The zero-order valence-electron chi connectivity index (χ0n) is 14.0. The molecule has 1 aliphatic heterocycles. The van der Waals surface area contributed by atoms with E-state index in [1.54, 1.807) is 13.2 Å². The highest BCUT2D eigenvalue weighted by molar-refractivity contribution is 6.23. The van der Waals surface area contributed by atoms with Crippen LogP contribution in [0.2, 0.25) is 0 Å². The van der Waals surface area contributed by atoms with Crippen LogP contribution >= 0.6 is 0 Å². The van der Waals surface area contributed by atoms with Gasteiger partial charge in [0.2, 0.25) is 5.91 Å². The maximum absolute atomic E-state index is 12.8. The number of methoxy groups -OCH3 is 1. The summed E-state index contributed by atoms with van der Waals surface area (Å²) >= 11 is 0. The topological polar surface area (TPSA) is 58.6 Å². The van der Waals surface area contributed by atoms with Gasteiger partial charge in [-0.1, -0.05) is 18.2 Å². The molecule has 1 fully saturated rings. The van der Waals surface area contributed by atoms with E-state index in [0.29, 0.717) is 11.4 Å². The molecule has 5 nitrogen and oxygen atoms in total. The summed E-state index contributed by atoms with van der Waals surface area (Å²) in [5, 5.41) is 3.14. The quantitative estimate of drug-likeness (QED) is 0.878. The van der Waals surface area contributed by atoms with E-state index in [1.165, 1.54) is 4.90 Å². The fraction of sp³-hybridized carbons (Fsp3) is 0.263. The molecule has 2 aromatic rings. The van der Waals surface area contributed by atoms with Crippen molar-refractivity contribution in [2.45, 2.75) is 26.3 Å². The number of anilines is 2. The molecule has 1 heterocycles. The number of nitrogens with zero attached hydrogens (tertiary/aromatic N) is 1. The molecule has 24 heavy (non-hydrogen) atoms. The van der Waals surface area contributed by atoms with E-state index in [-0.39, 0.29) is 18.2 Å². The fourth-order valence-electron chi connectivity index (χ4n) is 2.89. The first-order chi connectivity index (χ1) is 11.5. The lowest BCUT2D eigenvalue weighted by atomic mass is 10.1. The van der Waals surface area contributed by atoms with Gasteiger partial charge in [-0.25, -0.2) is 4.90 Å². The van der Waals surface area contributed by atoms with Gasteiger partial charge in [0, 0.05) is 11.8 Å². The predicted molar refractivity (Wildman–Crippen MR) is 93.4 cm³/mol. The molecule has 3 rings (SSSR count). The molecule has 1 aliphatic rings. The van der Waals surface area contributed by atoms with Crippen molar-refractivity contribution < 1.29 is 14.3 Å². The van der Waals surface area contributed by atoms with Crippen LogP contribution in [-0.4, -0.2) is 25.0 Å². The standard InChI is InChI=1S/C19H20N2O3/c1-12-6-4-9-17(13(12)2)21-18(22)11-16(19(21)23)20-14-7-5-8-15(10-14)24-3/h4-10,16,20H,11H2,1-3H3/t16-/m1/s1. The zero-order chi connectivity index (χ0) is 17.3. The first-order valence-corrected chi connectivity index (χ1v) is 7.85. The van der Waals surface area contributed by atoms with Crippen LogP contribution in [-0.2, 0) is 9.59 Å². The Morgan fingerprint density at radius 1 is 1.12 bits per heavy atom. The number of amides is 2.